The van der Waals surface area contributed by atoms with E-state index in [1.165, 1.54) is 6.42 Å². The number of ether oxygens (including phenoxy) is 2. The molecule has 1 aromatic heterocycles. The van der Waals surface area contributed by atoms with Gasteiger partial charge in [-0.1, -0.05) is 19.3 Å². The number of rotatable bonds is 8. The summed E-state index contributed by atoms with van der Waals surface area (Å²) in [6, 6.07) is 8.05. The first-order valence-corrected chi connectivity index (χ1v) is 10.5. The van der Waals surface area contributed by atoms with Crippen molar-refractivity contribution in [2.75, 3.05) is 46.4 Å². The number of hydrogen-bond acceptors (Lipinski definition) is 5. The lowest BCUT2D eigenvalue weighted by Crippen LogP contribution is -2.39. The SMILES string of the molecule is COCCN(Cc1cc2ccc(OC)cc2nc1N(C)C)C(=O)C1CCCCC1. The molecule has 1 saturated carbocycles. The monoisotopic (exact) mass is 399 g/mol. The lowest BCUT2D eigenvalue weighted by Gasteiger charge is -2.30. The van der Waals surface area contributed by atoms with Crippen molar-refractivity contribution in [3.05, 3.63) is 29.8 Å². The van der Waals surface area contributed by atoms with Crippen molar-refractivity contribution >= 4 is 22.6 Å². The number of nitrogens with zero attached hydrogens (tertiary/aromatic N) is 3. The molecule has 3 rings (SSSR count). The van der Waals surface area contributed by atoms with Crippen LogP contribution in [0.5, 0.6) is 5.75 Å². The van der Waals surface area contributed by atoms with Gasteiger partial charge in [0.2, 0.25) is 5.91 Å². The van der Waals surface area contributed by atoms with E-state index in [1.54, 1.807) is 14.2 Å². The molecule has 1 heterocycles. The highest BCUT2D eigenvalue weighted by molar-refractivity contribution is 5.84. The van der Waals surface area contributed by atoms with Gasteiger partial charge < -0.3 is 19.3 Å². The van der Waals surface area contributed by atoms with E-state index in [9.17, 15) is 4.79 Å². The van der Waals surface area contributed by atoms with Gasteiger partial charge in [-0.2, -0.15) is 0 Å². The molecule has 1 aromatic carbocycles. The molecule has 1 amide bonds. The Morgan fingerprint density at radius 2 is 1.90 bits per heavy atom. The Labute approximate surface area is 173 Å². The smallest absolute Gasteiger partial charge is 0.226 e. The molecule has 29 heavy (non-hydrogen) atoms. The maximum atomic E-state index is 13.3. The van der Waals surface area contributed by atoms with Crippen LogP contribution in [0.15, 0.2) is 24.3 Å². The maximum absolute atomic E-state index is 13.3. The molecule has 0 aliphatic heterocycles. The molecule has 0 bridgehead atoms. The molecule has 2 aromatic rings. The first kappa shape index (κ1) is 21.4. The highest BCUT2D eigenvalue weighted by Crippen LogP contribution is 2.29. The highest BCUT2D eigenvalue weighted by atomic mass is 16.5. The van der Waals surface area contributed by atoms with Crippen molar-refractivity contribution < 1.29 is 14.3 Å². The number of fused-ring (bicyclic) bond motifs is 1. The van der Waals surface area contributed by atoms with Crippen LogP contribution in [0.1, 0.15) is 37.7 Å². The zero-order valence-corrected chi connectivity index (χ0v) is 18.1. The third-order valence-corrected chi connectivity index (χ3v) is 5.70. The summed E-state index contributed by atoms with van der Waals surface area (Å²) in [4.78, 5) is 22.1. The minimum atomic E-state index is 0.140. The van der Waals surface area contributed by atoms with Crippen molar-refractivity contribution in [3.63, 3.8) is 0 Å². The Hall–Kier alpha value is -2.34. The Morgan fingerprint density at radius 3 is 2.55 bits per heavy atom. The Kier molecular flexibility index (Phi) is 7.31. The molecule has 6 heteroatoms. The summed E-state index contributed by atoms with van der Waals surface area (Å²) >= 11 is 0. The number of hydrogen-bond donors (Lipinski definition) is 0. The molecule has 6 nitrogen and oxygen atoms in total. The van der Waals surface area contributed by atoms with Crippen molar-refractivity contribution in [2.24, 2.45) is 5.92 Å². The third kappa shape index (κ3) is 5.18. The van der Waals surface area contributed by atoms with Gasteiger partial charge >= 0.3 is 0 Å². The van der Waals surface area contributed by atoms with Gasteiger partial charge in [0.05, 0.1) is 19.2 Å². The summed E-state index contributed by atoms with van der Waals surface area (Å²) in [6.07, 6.45) is 5.54. The van der Waals surface area contributed by atoms with Crippen molar-refractivity contribution in [2.45, 2.75) is 38.6 Å². The number of methoxy groups -OCH3 is 2. The first-order chi connectivity index (χ1) is 14.0. The number of anilines is 1. The summed E-state index contributed by atoms with van der Waals surface area (Å²) in [5, 5.41) is 1.04. The number of benzene rings is 1. The van der Waals surface area contributed by atoms with Gasteiger partial charge in [0.15, 0.2) is 0 Å². The second kappa shape index (κ2) is 9.92. The summed E-state index contributed by atoms with van der Waals surface area (Å²) in [5.74, 6) is 2.06. The number of pyridine rings is 1. The zero-order chi connectivity index (χ0) is 20.8. The van der Waals surface area contributed by atoms with Crippen LogP contribution in [0.4, 0.5) is 5.82 Å². The molecule has 1 aliphatic carbocycles. The fraction of sp³-hybridized carbons (Fsp3) is 0.565. The molecule has 0 spiro atoms. The molecular formula is C23H33N3O3. The number of amides is 1. The van der Waals surface area contributed by atoms with Crippen molar-refractivity contribution in [1.29, 1.82) is 0 Å². The van der Waals surface area contributed by atoms with Crippen LogP contribution in [0.3, 0.4) is 0 Å². The average Bonchev–Trinajstić information content (AvgIpc) is 2.75. The van der Waals surface area contributed by atoms with E-state index >= 15 is 0 Å². The Bertz CT molecular complexity index is 831. The molecular weight excluding hydrogens is 366 g/mol. The number of carbonyl (C=O) groups is 1. The van der Waals surface area contributed by atoms with Gasteiger partial charge in [-0.25, -0.2) is 4.98 Å². The number of aromatic nitrogens is 1. The molecule has 158 valence electrons. The van der Waals surface area contributed by atoms with E-state index in [4.69, 9.17) is 14.5 Å². The van der Waals surface area contributed by atoms with E-state index in [0.717, 1.165) is 53.7 Å². The van der Waals surface area contributed by atoms with Gasteiger partial charge in [0, 0.05) is 57.2 Å². The lowest BCUT2D eigenvalue weighted by molar-refractivity contribution is -0.137. The van der Waals surface area contributed by atoms with Gasteiger partial charge in [-0.15, -0.1) is 0 Å². The molecule has 0 unspecified atom stereocenters. The zero-order valence-electron chi connectivity index (χ0n) is 18.1. The Balaban J connectivity index is 1.92. The first-order valence-electron chi connectivity index (χ1n) is 10.5. The largest absolute Gasteiger partial charge is 0.497 e. The predicted molar refractivity (Wildman–Crippen MR) is 116 cm³/mol. The standard InChI is InChI=1S/C23H33N3O3/c1-25(2)22-19(14-18-10-11-20(29-4)15-21(18)24-22)16-26(12-13-28-3)23(27)17-8-6-5-7-9-17/h10-11,14-15,17H,5-9,12-13,16H2,1-4H3. The molecule has 0 N–H and O–H groups in total. The second-order valence-corrected chi connectivity index (χ2v) is 8.01. The molecule has 0 saturated heterocycles. The summed E-state index contributed by atoms with van der Waals surface area (Å²) < 4.78 is 10.6. The fourth-order valence-electron chi connectivity index (χ4n) is 4.09. The van der Waals surface area contributed by atoms with Crippen LogP contribution in [0.25, 0.3) is 10.9 Å². The van der Waals surface area contributed by atoms with Gasteiger partial charge in [-0.05, 0) is 31.0 Å². The molecule has 1 fully saturated rings. The van der Waals surface area contributed by atoms with E-state index in [1.807, 2.05) is 42.1 Å². The average molecular weight is 400 g/mol. The van der Waals surface area contributed by atoms with Gasteiger partial charge in [-0.3, -0.25) is 4.79 Å². The third-order valence-electron chi connectivity index (χ3n) is 5.70. The van der Waals surface area contributed by atoms with Crippen LogP contribution < -0.4 is 9.64 Å². The Morgan fingerprint density at radius 1 is 1.14 bits per heavy atom. The summed E-state index contributed by atoms with van der Waals surface area (Å²) in [5.41, 5.74) is 1.94. The van der Waals surface area contributed by atoms with Crippen LogP contribution >= 0.6 is 0 Å². The van der Waals surface area contributed by atoms with Crippen LogP contribution in [0, 0.1) is 5.92 Å². The van der Waals surface area contributed by atoms with Crippen molar-refractivity contribution in [1.82, 2.24) is 9.88 Å². The second-order valence-electron chi connectivity index (χ2n) is 8.01. The number of carbonyl (C=O) groups excluding carboxylic acids is 1. The van der Waals surface area contributed by atoms with Crippen LogP contribution in [-0.2, 0) is 16.1 Å². The molecule has 1 aliphatic rings. The van der Waals surface area contributed by atoms with Gasteiger partial charge in [0.1, 0.15) is 11.6 Å². The van der Waals surface area contributed by atoms with Crippen LogP contribution in [0.2, 0.25) is 0 Å². The quantitative estimate of drug-likeness (QED) is 0.675. The highest BCUT2D eigenvalue weighted by Gasteiger charge is 2.27. The minimum absolute atomic E-state index is 0.140. The maximum Gasteiger partial charge on any atom is 0.226 e. The fourth-order valence-corrected chi connectivity index (χ4v) is 4.09. The lowest BCUT2D eigenvalue weighted by atomic mass is 9.88. The van der Waals surface area contributed by atoms with E-state index in [0.29, 0.717) is 19.7 Å². The van der Waals surface area contributed by atoms with Crippen LogP contribution in [-0.4, -0.2) is 57.3 Å². The topological polar surface area (TPSA) is 54.9 Å². The molecule has 0 radical (unpaired) electrons. The predicted octanol–water partition coefficient (Wildman–Crippen LogP) is 3.86. The van der Waals surface area contributed by atoms with Gasteiger partial charge in [0.25, 0.3) is 0 Å². The summed E-state index contributed by atoms with van der Waals surface area (Å²) in [7, 11) is 7.31. The molecule has 0 atom stereocenters. The summed E-state index contributed by atoms with van der Waals surface area (Å²) in [6.45, 7) is 1.68. The normalized spacial score (nSPS) is 14.8. The van der Waals surface area contributed by atoms with E-state index < -0.39 is 0 Å². The van der Waals surface area contributed by atoms with E-state index in [-0.39, 0.29) is 11.8 Å². The van der Waals surface area contributed by atoms with E-state index in [2.05, 4.69) is 6.07 Å². The minimum Gasteiger partial charge on any atom is -0.497 e. The van der Waals surface area contributed by atoms with Crippen molar-refractivity contribution in [3.8, 4) is 5.75 Å².